The minimum absolute atomic E-state index is 0.0132. The van der Waals surface area contributed by atoms with Crippen LogP contribution in [0.5, 0.6) is 0 Å². The van der Waals surface area contributed by atoms with E-state index in [1.54, 1.807) is 6.08 Å². The van der Waals surface area contributed by atoms with Crippen LogP contribution in [0.25, 0.3) is 11.1 Å². The van der Waals surface area contributed by atoms with Crippen LogP contribution in [0.4, 0.5) is 0 Å². The summed E-state index contributed by atoms with van der Waals surface area (Å²) in [6.07, 6.45) is 4.25. The van der Waals surface area contributed by atoms with E-state index in [0.717, 1.165) is 29.5 Å². The zero-order valence-corrected chi connectivity index (χ0v) is 18.8. The van der Waals surface area contributed by atoms with Crippen molar-refractivity contribution in [1.82, 2.24) is 10.2 Å². The molecule has 0 radical (unpaired) electrons. The summed E-state index contributed by atoms with van der Waals surface area (Å²) >= 11 is 0. The van der Waals surface area contributed by atoms with Crippen LogP contribution >= 0.6 is 0 Å². The predicted molar refractivity (Wildman–Crippen MR) is 126 cm³/mol. The molecular formula is C27H32N2O3. The quantitative estimate of drug-likeness (QED) is 0.675. The Hall–Kier alpha value is -2.92. The highest BCUT2D eigenvalue weighted by molar-refractivity contribution is 5.87. The van der Waals surface area contributed by atoms with Crippen LogP contribution in [-0.2, 0) is 20.7 Å². The van der Waals surface area contributed by atoms with Crippen molar-refractivity contribution in [1.29, 1.82) is 0 Å². The van der Waals surface area contributed by atoms with Gasteiger partial charge in [-0.2, -0.15) is 0 Å². The fourth-order valence-corrected chi connectivity index (χ4v) is 4.80. The van der Waals surface area contributed by atoms with Gasteiger partial charge in [0.05, 0.1) is 5.41 Å². The topological polar surface area (TPSA) is 58.6 Å². The number of hydrogen-bond donors (Lipinski definition) is 1. The molecule has 2 aromatic carbocycles. The smallest absolute Gasteiger partial charge is 0.251 e. The number of aryl methyl sites for hydroxylation is 1. The molecule has 0 unspecified atom stereocenters. The van der Waals surface area contributed by atoms with Crippen molar-refractivity contribution < 1.29 is 14.3 Å². The average molecular weight is 433 g/mol. The highest BCUT2D eigenvalue weighted by Crippen LogP contribution is 2.36. The molecule has 2 saturated heterocycles. The third kappa shape index (κ3) is 4.78. The Labute approximate surface area is 190 Å². The first kappa shape index (κ1) is 22.3. The highest BCUT2D eigenvalue weighted by Gasteiger charge is 2.47. The van der Waals surface area contributed by atoms with Crippen molar-refractivity contribution in [2.45, 2.75) is 38.7 Å². The van der Waals surface area contributed by atoms with E-state index in [1.165, 1.54) is 5.56 Å². The van der Waals surface area contributed by atoms with Gasteiger partial charge < -0.3 is 15.0 Å². The van der Waals surface area contributed by atoms with Crippen molar-refractivity contribution in [3.63, 3.8) is 0 Å². The first-order valence-corrected chi connectivity index (χ1v) is 11.5. The van der Waals surface area contributed by atoms with Crippen LogP contribution in [0.2, 0.25) is 0 Å². The van der Waals surface area contributed by atoms with Gasteiger partial charge in [0.25, 0.3) is 5.91 Å². The van der Waals surface area contributed by atoms with Crippen LogP contribution in [0.3, 0.4) is 0 Å². The molecule has 4 rings (SSSR count). The van der Waals surface area contributed by atoms with Crippen molar-refractivity contribution in [3.8, 4) is 11.1 Å². The molecule has 2 aliphatic heterocycles. The van der Waals surface area contributed by atoms with Gasteiger partial charge >= 0.3 is 0 Å². The van der Waals surface area contributed by atoms with Crippen molar-refractivity contribution in [2.75, 3.05) is 26.2 Å². The molecule has 32 heavy (non-hydrogen) atoms. The van der Waals surface area contributed by atoms with Gasteiger partial charge in [-0.25, -0.2) is 0 Å². The van der Waals surface area contributed by atoms with E-state index in [2.05, 4.69) is 61.3 Å². The number of carbonyl (C=O) groups excluding carboxylic acids is 2. The van der Waals surface area contributed by atoms with Gasteiger partial charge in [-0.1, -0.05) is 60.2 Å². The lowest BCUT2D eigenvalue weighted by Crippen LogP contribution is -2.46. The van der Waals surface area contributed by atoms with E-state index in [4.69, 9.17) is 4.74 Å². The maximum Gasteiger partial charge on any atom is 0.251 e. The number of carbonyl (C=O) groups is 2. The van der Waals surface area contributed by atoms with E-state index in [1.807, 2.05) is 11.0 Å². The molecule has 2 aromatic rings. The summed E-state index contributed by atoms with van der Waals surface area (Å²) < 4.78 is 5.61. The Morgan fingerprint density at radius 1 is 1.22 bits per heavy atom. The molecule has 2 amide bonds. The first-order valence-electron chi connectivity index (χ1n) is 11.5. The van der Waals surface area contributed by atoms with Gasteiger partial charge in [0.1, 0.15) is 6.10 Å². The van der Waals surface area contributed by atoms with E-state index in [-0.39, 0.29) is 17.9 Å². The normalized spacial score (nSPS) is 22.7. The third-order valence-corrected chi connectivity index (χ3v) is 6.61. The number of nitrogens with zero attached hydrogens (tertiary/aromatic N) is 1. The molecule has 2 aliphatic rings. The molecule has 1 N–H and O–H groups in total. The van der Waals surface area contributed by atoms with Gasteiger partial charge in [-0.3, -0.25) is 9.59 Å². The largest absolute Gasteiger partial charge is 0.368 e. The van der Waals surface area contributed by atoms with Gasteiger partial charge in [-0.05, 0) is 49.3 Å². The molecule has 0 saturated carbocycles. The summed E-state index contributed by atoms with van der Waals surface area (Å²) in [6.45, 7) is 7.86. The third-order valence-electron chi connectivity index (χ3n) is 6.61. The van der Waals surface area contributed by atoms with Crippen molar-refractivity contribution in [3.05, 3.63) is 72.3 Å². The molecule has 5 nitrogen and oxygen atoms in total. The summed E-state index contributed by atoms with van der Waals surface area (Å²) in [4.78, 5) is 28.1. The lowest BCUT2D eigenvalue weighted by molar-refractivity contribution is -0.141. The molecule has 0 spiro atoms. The molecule has 2 fully saturated rings. The predicted octanol–water partition coefficient (Wildman–Crippen LogP) is 3.90. The molecule has 2 atom stereocenters. The zero-order valence-electron chi connectivity index (χ0n) is 18.8. The van der Waals surface area contributed by atoms with Crippen LogP contribution in [0.15, 0.2) is 61.2 Å². The number of nitrogens with one attached hydrogen (secondary N) is 1. The monoisotopic (exact) mass is 432 g/mol. The van der Waals surface area contributed by atoms with Crippen LogP contribution in [0.1, 0.15) is 30.4 Å². The second kappa shape index (κ2) is 9.70. The van der Waals surface area contributed by atoms with Crippen LogP contribution in [-0.4, -0.2) is 49.1 Å². The summed E-state index contributed by atoms with van der Waals surface area (Å²) in [5, 5.41) is 2.99. The number of rotatable bonds is 7. The summed E-state index contributed by atoms with van der Waals surface area (Å²) in [7, 11) is 0. The SMILES string of the molecule is C=CCNC(=O)[C@@]1(Cc2cccc(-c3ccc(C)cc3)c2)CCN(C(=O)[C@@H]2CCCO2)C1. The fraction of sp³-hybridized carbons (Fsp3) is 0.407. The summed E-state index contributed by atoms with van der Waals surface area (Å²) in [5.74, 6) is 0.00933. The van der Waals surface area contributed by atoms with Gasteiger partial charge in [-0.15, -0.1) is 6.58 Å². The molecule has 0 bridgehead atoms. The Bertz CT molecular complexity index is 979. The van der Waals surface area contributed by atoms with E-state index < -0.39 is 5.41 Å². The fourth-order valence-electron chi connectivity index (χ4n) is 4.80. The maximum atomic E-state index is 13.3. The molecule has 0 aromatic heterocycles. The van der Waals surface area contributed by atoms with Crippen molar-refractivity contribution >= 4 is 11.8 Å². The molecule has 168 valence electrons. The average Bonchev–Trinajstić information content (AvgIpc) is 3.49. The number of hydrogen-bond acceptors (Lipinski definition) is 3. The number of ether oxygens (including phenoxy) is 1. The van der Waals surface area contributed by atoms with Crippen LogP contribution in [0, 0.1) is 12.3 Å². The second-order valence-electron chi connectivity index (χ2n) is 9.03. The van der Waals surface area contributed by atoms with Crippen LogP contribution < -0.4 is 5.32 Å². The second-order valence-corrected chi connectivity index (χ2v) is 9.03. The van der Waals surface area contributed by atoms with Gasteiger partial charge in [0.15, 0.2) is 0 Å². The lowest BCUT2D eigenvalue weighted by atomic mass is 9.79. The molecule has 5 heteroatoms. The van der Waals surface area contributed by atoms with E-state index >= 15 is 0 Å². The van der Waals surface area contributed by atoms with Gasteiger partial charge in [0, 0.05) is 26.2 Å². The van der Waals surface area contributed by atoms with E-state index in [0.29, 0.717) is 39.1 Å². The Morgan fingerprint density at radius 3 is 2.75 bits per heavy atom. The Kier molecular flexibility index (Phi) is 6.75. The first-order chi connectivity index (χ1) is 15.5. The van der Waals surface area contributed by atoms with E-state index in [9.17, 15) is 9.59 Å². The minimum atomic E-state index is -0.650. The summed E-state index contributed by atoms with van der Waals surface area (Å²) in [5.41, 5.74) is 3.97. The van der Waals surface area contributed by atoms with Gasteiger partial charge in [0.2, 0.25) is 5.91 Å². The molecular weight excluding hydrogens is 400 g/mol. The number of benzene rings is 2. The maximum absolute atomic E-state index is 13.3. The summed E-state index contributed by atoms with van der Waals surface area (Å²) in [6, 6.07) is 16.8. The zero-order chi connectivity index (χ0) is 22.6. The highest BCUT2D eigenvalue weighted by atomic mass is 16.5. The lowest BCUT2D eigenvalue weighted by Gasteiger charge is -2.29. The Morgan fingerprint density at radius 2 is 2.03 bits per heavy atom. The molecule has 2 heterocycles. The molecule has 0 aliphatic carbocycles. The number of amides is 2. The minimum Gasteiger partial charge on any atom is -0.368 e. The Balaban J connectivity index is 1.57. The van der Waals surface area contributed by atoms with Crippen molar-refractivity contribution in [2.24, 2.45) is 5.41 Å². The standard InChI is InChI=1S/C27H32N2O3/c1-3-14-28-26(31)27(13-15-29(19-27)25(30)24-8-5-16-32-24)18-21-6-4-7-23(17-21)22-11-9-20(2)10-12-22/h3-4,6-7,9-12,17,24H,1,5,8,13-16,18-19H2,2H3,(H,28,31)/t24-,27+/m0/s1. The number of likely N-dealkylation sites (tertiary alicyclic amines) is 1.